The number of hydrogen-bond acceptors (Lipinski definition) is 5. The molecular formula is C24H21F3N4O2. The van der Waals surface area contributed by atoms with Gasteiger partial charge in [-0.25, -0.2) is 18.7 Å². The number of aryl methyl sites for hydroxylation is 1. The first-order chi connectivity index (χ1) is 15.8. The summed E-state index contributed by atoms with van der Waals surface area (Å²) in [5, 5.41) is 0. The average molecular weight is 454 g/mol. The maximum absolute atomic E-state index is 14.2. The van der Waals surface area contributed by atoms with Gasteiger partial charge in [-0.15, -0.1) is 0 Å². The molecule has 2 aromatic heterocycles. The zero-order chi connectivity index (χ0) is 23.3. The lowest BCUT2D eigenvalue weighted by Gasteiger charge is -2.38. The van der Waals surface area contributed by atoms with Crippen LogP contribution >= 0.6 is 0 Å². The van der Waals surface area contributed by atoms with E-state index in [1.165, 1.54) is 12.1 Å². The van der Waals surface area contributed by atoms with E-state index in [-0.39, 0.29) is 47.3 Å². The fourth-order valence-corrected chi connectivity index (χ4v) is 4.88. The Hall–Kier alpha value is -3.49. The molecule has 3 aromatic rings. The van der Waals surface area contributed by atoms with Gasteiger partial charge in [-0.1, -0.05) is 0 Å². The van der Waals surface area contributed by atoms with Gasteiger partial charge >= 0.3 is 0 Å². The largest absolute Gasteiger partial charge is 0.472 e. The van der Waals surface area contributed by atoms with Gasteiger partial charge in [0, 0.05) is 23.2 Å². The summed E-state index contributed by atoms with van der Waals surface area (Å²) in [6.07, 6.45) is 3.08. The number of amides is 1. The first kappa shape index (κ1) is 21.4. The number of pyridine rings is 1. The number of nitrogens with zero attached hydrogens (tertiary/aromatic N) is 4. The van der Waals surface area contributed by atoms with Gasteiger partial charge in [0.05, 0.1) is 24.0 Å². The van der Waals surface area contributed by atoms with Gasteiger partial charge < -0.3 is 9.64 Å². The molecule has 1 aliphatic carbocycles. The Labute approximate surface area is 188 Å². The van der Waals surface area contributed by atoms with E-state index in [1.54, 1.807) is 24.0 Å². The number of carbonyl (C=O) groups is 1. The molecule has 0 N–H and O–H groups in total. The lowest BCUT2D eigenvalue weighted by molar-refractivity contribution is 0.0312. The highest BCUT2D eigenvalue weighted by Crippen LogP contribution is 2.45. The number of ether oxygens (including phenoxy) is 1. The predicted molar refractivity (Wildman–Crippen MR) is 113 cm³/mol. The molecule has 4 unspecified atom stereocenters. The molecule has 5 rings (SSSR count). The zero-order valence-corrected chi connectivity index (χ0v) is 18.0. The molecule has 1 amide bonds. The zero-order valence-electron chi connectivity index (χ0n) is 18.0. The maximum Gasteiger partial charge on any atom is 0.255 e. The van der Waals surface area contributed by atoms with Gasteiger partial charge in [0.1, 0.15) is 11.9 Å². The molecule has 4 atom stereocenters. The van der Waals surface area contributed by atoms with Crippen molar-refractivity contribution in [3.05, 3.63) is 71.4 Å². The molecule has 2 aliphatic rings. The molecule has 1 aliphatic heterocycles. The van der Waals surface area contributed by atoms with E-state index in [4.69, 9.17) is 4.74 Å². The molecule has 3 heterocycles. The fraction of sp³-hybridized carbons (Fsp3) is 0.333. The Balaban J connectivity index is 1.45. The molecule has 1 saturated heterocycles. The van der Waals surface area contributed by atoms with Crippen molar-refractivity contribution in [3.63, 3.8) is 0 Å². The highest BCUT2D eigenvalue weighted by Gasteiger charge is 2.53. The quantitative estimate of drug-likeness (QED) is 0.549. The van der Waals surface area contributed by atoms with Crippen LogP contribution in [-0.2, 0) is 0 Å². The van der Waals surface area contributed by atoms with Crippen LogP contribution in [0.5, 0.6) is 5.88 Å². The standard InChI is InChI=1S/C24H21F3N4O2/c1-12-3-6-21(30-22(12)27)33-20-8-14-7-19(20)31(13(14)2)24(32)18-9-15(25)4-5-17(18)23-28-10-16(26)11-29-23/h3-6,9-11,13-14,19-20H,7-8H2,1-2H3. The highest BCUT2D eigenvalue weighted by molar-refractivity contribution is 6.00. The Kier molecular flexibility index (Phi) is 5.26. The number of halogens is 3. The molecule has 1 aromatic carbocycles. The van der Waals surface area contributed by atoms with Crippen LogP contribution in [0.25, 0.3) is 11.4 Å². The summed E-state index contributed by atoms with van der Waals surface area (Å²) in [5.74, 6) is -1.67. The van der Waals surface area contributed by atoms with Crippen LogP contribution in [0.2, 0.25) is 0 Å². The minimum absolute atomic E-state index is 0.0877. The Morgan fingerprint density at radius 3 is 2.52 bits per heavy atom. The van der Waals surface area contributed by atoms with Gasteiger partial charge in [0.25, 0.3) is 5.91 Å². The third-order valence-electron chi connectivity index (χ3n) is 6.58. The van der Waals surface area contributed by atoms with Crippen molar-refractivity contribution in [2.45, 2.75) is 44.9 Å². The van der Waals surface area contributed by atoms with Gasteiger partial charge in [-0.05, 0) is 56.9 Å². The molecule has 2 fully saturated rings. The lowest BCUT2D eigenvalue weighted by Crippen LogP contribution is -2.51. The highest BCUT2D eigenvalue weighted by atomic mass is 19.1. The number of piperidine rings is 1. The molecule has 170 valence electrons. The second-order valence-corrected chi connectivity index (χ2v) is 8.58. The number of rotatable bonds is 4. The first-order valence-electron chi connectivity index (χ1n) is 10.7. The Morgan fingerprint density at radius 2 is 1.82 bits per heavy atom. The molecule has 6 nitrogen and oxygen atoms in total. The molecule has 0 spiro atoms. The SMILES string of the molecule is Cc1ccc(OC2CC3CC2N(C(=O)c2cc(F)ccc2-c2ncc(F)cn2)C3C)nc1F. The summed E-state index contributed by atoms with van der Waals surface area (Å²) < 4.78 is 47.3. The molecule has 1 saturated carbocycles. The van der Waals surface area contributed by atoms with Crippen molar-refractivity contribution in [3.8, 4) is 17.3 Å². The third-order valence-corrected chi connectivity index (χ3v) is 6.58. The van der Waals surface area contributed by atoms with Crippen LogP contribution in [0.3, 0.4) is 0 Å². The van der Waals surface area contributed by atoms with Crippen molar-refractivity contribution >= 4 is 5.91 Å². The van der Waals surface area contributed by atoms with Crippen LogP contribution < -0.4 is 4.74 Å². The minimum atomic E-state index is -0.611. The summed E-state index contributed by atoms with van der Waals surface area (Å²) in [6.45, 7) is 3.57. The minimum Gasteiger partial charge on any atom is -0.472 e. The van der Waals surface area contributed by atoms with Gasteiger partial charge in [-0.3, -0.25) is 4.79 Å². The van der Waals surface area contributed by atoms with Crippen molar-refractivity contribution in [2.24, 2.45) is 5.92 Å². The van der Waals surface area contributed by atoms with Crippen LogP contribution in [0.1, 0.15) is 35.7 Å². The molecule has 9 heteroatoms. The summed E-state index contributed by atoms with van der Waals surface area (Å²) >= 11 is 0. The third kappa shape index (κ3) is 3.81. The second-order valence-electron chi connectivity index (χ2n) is 8.58. The Bertz CT molecular complexity index is 1220. The van der Waals surface area contributed by atoms with E-state index < -0.39 is 17.6 Å². The van der Waals surface area contributed by atoms with E-state index in [0.717, 1.165) is 24.9 Å². The van der Waals surface area contributed by atoms with Crippen molar-refractivity contribution in [1.29, 1.82) is 0 Å². The van der Waals surface area contributed by atoms with Crippen LogP contribution in [0.4, 0.5) is 13.2 Å². The Morgan fingerprint density at radius 1 is 1.06 bits per heavy atom. The van der Waals surface area contributed by atoms with E-state index in [9.17, 15) is 18.0 Å². The monoisotopic (exact) mass is 454 g/mol. The molecule has 33 heavy (non-hydrogen) atoms. The van der Waals surface area contributed by atoms with Crippen molar-refractivity contribution in [2.75, 3.05) is 0 Å². The smallest absolute Gasteiger partial charge is 0.255 e. The maximum atomic E-state index is 14.2. The van der Waals surface area contributed by atoms with Gasteiger partial charge in [0.15, 0.2) is 11.6 Å². The second kappa shape index (κ2) is 8.13. The number of hydrogen-bond donors (Lipinski definition) is 0. The van der Waals surface area contributed by atoms with E-state index >= 15 is 0 Å². The lowest BCUT2D eigenvalue weighted by atomic mass is 9.97. The normalized spacial score (nSPS) is 23.7. The topological polar surface area (TPSA) is 68.2 Å². The number of aromatic nitrogens is 3. The summed E-state index contributed by atoms with van der Waals surface area (Å²) in [4.78, 5) is 27.1. The average Bonchev–Trinajstić information content (AvgIpc) is 3.34. The number of benzene rings is 1. The van der Waals surface area contributed by atoms with Crippen LogP contribution in [0, 0.1) is 30.4 Å². The molecular weight excluding hydrogens is 433 g/mol. The summed E-state index contributed by atoms with van der Waals surface area (Å²) in [6, 6.07) is 6.62. The van der Waals surface area contributed by atoms with Crippen molar-refractivity contribution < 1.29 is 22.7 Å². The molecule has 2 bridgehead atoms. The van der Waals surface area contributed by atoms with E-state index in [1.807, 2.05) is 6.92 Å². The number of fused-ring (bicyclic) bond motifs is 2. The molecule has 0 radical (unpaired) electrons. The van der Waals surface area contributed by atoms with E-state index in [0.29, 0.717) is 17.5 Å². The van der Waals surface area contributed by atoms with Crippen LogP contribution in [0.15, 0.2) is 42.7 Å². The van der Waals surface area contributed by atoms with Crippen LogP contribution in [-0.4, -0.2) is 43.9 Å². The predicted octanol–water partition coefficient (Wildman–Crippen LogP) is 4.33. The first-order valence-corrected chi connectivity index (χ1v) is 10.7. The fourth-order valence-electron chi connectivity index (χ4n) is 4.88. The summed E-state index contributed by atoms with van der Waals surface area (Å²) in [7, 11) is 0. The summed E-state index contributed by atoms with van der Waals surface area (Å²) in [5.41, 5.74) is 0.831. The van der Waals surface area contributed by atoms with Crippen molar-refractivity contribution in [1.82, 2.24) is 19.9 Å². The van der Waals surface area contributed by atoms with Gasteiger partial charge in [-0.2, -0.15) is 9.37 Å². The number of likely N-dealkylation sites (tertiary alicyclic amines) is 1. The number of carbonyl (C=O) groups excluding carboxylic acids is 1. The van der Waals surface area contributed by atoms with E-state index in [2.05, 4.69) is 15.0 Å². The van der Waals surface area contributed by atoms with Gasteiger partial charge in [0.2, 0.25) is 11.8 Å².